The summed E-state index contributed by atoms with van der Waals surface area (Å²) in [5.74, 6) is -1.00. The van der Waals surface area contributed by atoms with Crippen molar-refractivity contribution in [2.24, 2.45) is 0 Å². The standard InChI is InChI=1S/C15H15NO4/c1-3-20-14(17)11-9-12(15(18)19-2)16-13(11)10-7-5-4-6-8-10/h4-9,16H,3H2,1-2H3. The number of nitrogens with one attached hydrogen (secondary N) is 1. The highest BCUT2D eigenvalue weighted by Gasteiger charge is 2.20. The van der Waals surface area contributed by atoms with Crippen molar-refractivity contribution in [3.05, 3.63) is 47.7 Å². The highest BCUT2D eigenvalue weighted by Crippen LogP contribution is 2.25. The number of aromatic nitrogens is 1. The average Bonchev–Trinajstić information content (AvgIpc) is 2.93. The van der Waals surface area contributed by atoms with Crippen molar-refractivity contribution in [3.63, 3.8) is 0 Å². The van der Waals surface area contributed by atoms with Crippen molar-refractivity contribution in [1.82, 2.24) is 4.98 Å². The maximum Gasteiger partial charge on any atom is 0.354 e. The van der Waals surface area contributed by atoms with E-state index in [9.17, 15) is 9.59 Å². The lowest BCUT2D eigenvalue weighted by molar-refractivity contribution is 0.0527. The molecular weight excluding hydrogens is 258 g/mol. The fourth-order valence-electron chi connectivity index (χ4n) is 1.88. The van der Waals surface area contributed by atoms with E-state index >= 15 is 0 Å². The van der Waals surface area contributed by atoms with Gasteiger partial charge in [-0.3, -0.25) is 0 Å². The predicted octanol–water partition coefficient (Wildman–Crippen LogP) is 2.65. The molecule has 1 heterocycles. The summed E-state index contributed by atoms with van der Waals surface area (Å²) in [6.45, 7) is 2.00. The maximum absolute atomic E-state index is 12.0. The Morgan fingerprint density at radius 2 is 1.85 bits per heavy atom. The Morgan fingerprint density at radius 1 is 1.15 bits per heavy atom. The molecule has 0 spiro atoms. The van der Waals surface area contributed by atoms with Crippen LogP contribution in [-0.2, 0) is 9.47 Å². The van der Waals surface area contributed by atoms with E-state index in [0.717, 1.165) is 5.56 Å². The van der Waals surface area contributed by atoms with E-state index in [-0.39, 0.29) is 12.3 Å². The summed E-state index contributed by atoms with van der Waals surface area (Å²) in [4.78, 5) is 26.5. The normalized spacial score (nSPS) is 10.1. The van der Waals surface area contributed by atoms with Crippen molar-refractivity contribution < 1.29 is 19.1 Å². The minimum Gasteiger partial charge on any atom is -0.464 e. The number of aromatic amines is 1. The zero-order valence-electron chi connectivity index (χ0n) is 11.3. The molecule has 0 aliphatic carbocycles. The van der Waals surface area contributed by atoms with Gasteiger partial charge < -0.3 is 14.5 Å². The molecule has 0 saturated carbocycles. The molecule has 0 atom stereocenters. The van der Waals surface area contributed by atoms with Crippen molar-refractivity contribution in [3.8, 4) is 11.3 Å². The molecule has 0 unspecified atom stereocenters. The van der Waals surface area contributed by atoms with Crippen LogP contribution >= 0.6 is 0 Å². The molecule has 0 saturated heterocycles. The number of methoxy groups -OCH3 is 1. The van der Waals surface area contributed by atoms with Crippen molar-refractivity contribution in [1.29, 1.82) is 0 Å². The topological polar surface area (TPSA) is 68.4 Å². The van der Waals surface area contributed by atoms with Gasteiger partial charge in [-0.1, -0.05) is 30.3 Å². The van der Waals surface area contributed by atoms with Gasteiger partial charge in [-0.25, -0.2) is 9.59 Å². The van der Waals surface area contributed by atoms with Gasteiger partial charge in [-0.15, -0.1) is 0 Å². The molecule has 1 aromatic carbocycles. The van der Waals surface area contributed by atoms with E-state index in [1.807, 2.05) is 30.3 Å². The molecular formula is C15H15NO4. The first kappa shape index (κ1) is 13.9. The quantitative estimate of drug-likeness (QED) is 0.869. The van der Waals surface area contributed by atoms with Gasteiger partial charge in [-0.2, -0.15) is 0 Å². The first-order valence-electron chi connectivity index (χ1n) is 6.21. The van der Waals surface area contributed by atoms with Gasteiger partial charge in [0.05, 0.1) is 25.0 Å². The Labute approximate surface area is 116 Å². The molecule has 1 aromatic heterocycles. The second-order valence-corrected chi connectivity index (χ2v) is 4.05. The number of carbonyl (C=O) groups excluding carboxylic acids is 2. The van der Waals surface area contributed by atoms with E-state index in [0.29, 0.717) is 11.3 Å². The summed E-state index contributed by atoms with van der Waals surface area (Å²) in [7, 11) is 1.29. The van der Waals surface area contributed by atoms with Gasteiger partial charge in [-0.05, 0) is 18.6 Å². The first-order chi connectivity index (χ1) is 9.67. The van der Waals surface area contributed by atoms with Gasteiger partial charge >= 0.3 is 11.9 Å². The highest BCUT2D eigenvalue weighted by molar-refractivity contribution is 6.00. The second-order valence-electron chi connectivity index (χ2n) is 4.05. The van der Waals surface area contributed by atoms with Crippen LogP contribution in [0.2, 0.25) is 0 Å². The molecule has 20 heavy (non-hydrogen) atoms. The number of ether oxygens (including phenoxy) is 2. The highest BCUT2D eigenvalue weighted by atomic mass is 16.5. The van der Waals surface area contributed by atoms with E-state index in [4.69, 9.17) is 4.74 Å². The third-order valence-corrected chi connectivity index (χ3v) is 2.78. The van der Waals surface area contributed by atoms with Gasteiger partial charge in [0, 0.05) is 0 Å². The van der Waals surface area contributed by atoms with Crippen molar-refractivity contribution >= 4 is 11.9 Å². The van der Waals surface area contributed by atoms with Crippen LogP contribution in [0, 0.1) is 0 Å². The molecule has 5 nitrogen and oxygen atoms in total. The molecule has 0 amide bonds. The van der Waals surface area contributed by atoms with E-state index in [1.54, 1.807) is 6.92 Å². The number of hydrogen-bond donors (Lipinski definition) is 1. The van der Waals surface area contributed by atoms with Crippen LogP contribution in [0.15, 0.2) is 36.4 Å². The second kappa shape index (κ2) is 6.06. The van der Waals surface area contributed by atoms with Crippen LogP contribution in [0.1, 0.15) is 27.8 Å². The number of hydrogen-bond acceptors (Lipinski definition) is 4. The number of benzene rings is 1. The zero-order valence-corrected chi connectivity index (χ0v) is 11.3. The van der Waals surface area contributed by atoms with E-state index in [1.165, 1.54) is 13.2 Å². The first-order valence-corrected chi connectivity index (χ1v) is 6.21. The summed E-state index contributed by atoms with van der Waals surface area (Å²) >= 11 is 0. The number of rotatable bonds is 4. The summed E-state index contributed by atoms with van der Waals surface area (Å²) < 4.78 is 9.66. The minimum atomic E-state index is -0.530. The molecule has 0 radical (unpaired) electrons. The molecule has 0 bridgehead atoms. The maximum atomic E-state index is 12.0. The third kappa shape index (κ3) is 2.71. The van der Waals surface area contributed by atoms with E-state index in [2.05, 4.69) is 9.72 Å². The Hall–Kier alpha value is -2.56. The van der Waals surface area contributed by atoms with Gasteiger partial charge in [0.1, 0.15) is 5.69 Å². The van der Waals surface area contributed by atoms with Crippen LogP contribution in [0.4, 0.5) is 0 Å². The van der Waals surface area contributed by atoms with Crippen LogP contribution in [0.3, 0.4) is 0 Å². The van der Waals surface area contributed by atoms with Crippen LogP contribution < -0.4 is 0 Å². The monoisotopic (exact) mass is 273 g/mol. The van der Waals surface area contributed by atoms with E-state index < -0.39 is 11.9 Å². The fourth-order valence-corrected chi connectivity index (χ4v) is 1.88. The van der Waals surface area contributed by atoms with Gasteiger partial charge in [0.15, 0.2) is 0 Å². The summed E-state index contributed by atoms with van der Waals surface area (Å²) in [6, 6.07) is 10.7. The molecule has 2 rings (SSSR count). The van der Waals surface area contributed by atoms with Crippen LogP contribution in [-0.4, -0.2) is 30.6 Å². The summed E-state index contributed by atoms with van der Waals surface area (Å²) in [6.07, 6.45) is 0. The molecule has 0 aliphatic rings. The third-order valence-electron chi connectivity index (χ3n) is 2.78. The Kier molecular flexibility index (Phi) is 4.20. The molecule has 0 aliphatic heterocycles. The molecule has 5 heteroatoms. The molecule has 104 valence electrons. The lowest BCUT2D eigenvalue weighted by Gasteiger charge is -2.03. The molecule has 2 aromatic rings. The SMILES string of the molecule is CCOC(=O)c1cc(C(=O)OC)[nH]c1-c1ccccc1. The van der Waals surface area contributed by atoms with Gasteiger partial charge in [0.2, 0.25) is 0 Å². The zero-order chi connectivity index (χ0) is 14.5. The summed E-state index contributed by atoms with van der Waals surface area (Å²) in [5, 5.41) is 0. The number of carbonyl (C=O) groups is 2. The molecule has 0 fully saturated rings. The largest absolute Gasteiger partial charge is 0.464 e. The van der Waals surface area contributed by atoms with Crippen molar-refractivity contribution in [2.75, 3.05) is 13.7 Å². The smallest absolute Gasteiger partial charge is 0.354 e. The molecule has 1 N–H and O–H groups in total. The average molecular weight is 273 g/mol. The van der Waals surface area contributed by atoms with Crippen LogP contribution in [0.5, 0.6) is 0 Å². The Balaban J connectivity index is 2.50. The minimum absolute atomic E-state index is 0.217. The van der Waals surface area contributed by atoms with Crippen LogP contribution in [0.25, 0.3) is 11.3 Å². The predicted molar refractivity (Wildman–Crippen MR) is 73.5 cm³/mol. The van der Waals surface area contributed by atoms with Crippen molar-refractivity contribution in [2.45, 2.75) is 6.92 Å². The lowest BCUT2D eigenvalue weighted by atomic mass is 10.1. The fraction of sp³-hybridized carbons (Fsp3) is 0.200. The number of H-pyrrole nitrogens is 1. The number of esters is 2. The Morgan fingerprint density at radius 3 is 2.45 bits per heavy atom. The van der Waals surface area contributed by atoms with Gasteiger partial charge in [0.25, 0.3) is 0 Å². The Bertz CT molecular complexity index is 616. The summed E-state index contributed by atoms with van der Waals surface area (Å²) in [5.41, 5.74) is 1.88. The lowest BCUT2D eigenvalue weighted by Crippen LogP contribution is -2.05.